The topological polar surface area (TPSA) is 46.2 Å². The minimum Gasteiger partial charge on any atom is -0.284 e. The maximum absolute atomic E-state index is 10.9. The van der Waals surface area contributed by atoms with Crippen LogP contribution < -0.4 is 4.72 Å². The number of rotatable bonds is 2. The quantitative estimate of drug-likeness (QED) is 0.849. The molecule has 0 aliphatic heterocycles. The van der Waals surface area contributed by atoms with E-state index in [4.69, 9.17) is 0 Å². The van der Waals surface area contributed by atoms with E-state index in [0.717, 1.165) is 15.4 Å². The van der Waals surface area contributed by atoms with Gasteiger partial charge < -0.3 is 0 Å². The van der Waals surface area contributed by atoms with Gasteiger partial charge >= 0.3 is 0 Å². The van der Waals surface area contributed by atoms with E-state index in [0.29, 0.717) is 5.69 Å². The van der Waals surface area contributed by atoms with Crippen molar-refractivity contribution < 1.29 is 8.42 Å². The number of hydrogen-bond acceptors (Lipinski definition) is 2. The molecule has 0 bridgehead atoms. The van der Waals surface area contributed by atoms with Gasteiger partial charge in [0, 0.05) is 9.26 Å². The van der Waals surface area contributed by atoms with Gasteiger partial charge in [0.05, 0.1) is 6.26 Å². The minimum absolute atomic E-state index is 0.618. The van der Waals surface area contributed by atoms with Crippen molar-refractivity contribution in [3.8, 4) is 0 Å². The van der Waals surface area contributed by atoms with Gasteiger partial charge in [-0.05, 0) is 53.3 Å². The summed E-state index contributed by atoms with van der Waals surface area (Å²) in [5.74, 6) is 0. The van der Waals surface area contributed by atoms with E-state index in [1.54, 1.807) is 12.1 Å². The number of nitrogens with one attached hydrogen (secondary N) is 1. The first kappa shape index (κ1) is 10.8. The fourth-order valence-electron chi connectivity index (χ4n) is 1.01. The van der Waals surface area contributed by atoms with Crippen molar-refractivity contribution in [2.45, 2.75) is 6.92 Å². The Labute approximate surface area is 91.7 Å². The molecular formula is C8H10INO2S. The van der Waals surface area contributed by atoms with E-state index in [9.17, 15) is 8.42 Å². The van der Waals surface area contributed by atoms with Gasteiger partial charge in [-0.1, -0.05) is 0 Å². The monoisotopic (exact) mass is 311 g/mol. The van der Waals surface area contributed by atoms with E-state index >= 15 is 0 Å². The lowest BCUT2D eigenvalue weighted by Gasteiger charge is -2.05. The van der Waals surface area contributed by atoms with Crippen LogP contribution in [0.2, 0.25) is 0 Å². The normalized spacial score (nSPS) is 11.3. The van der Waals surface area contributed by atoms with Crippen molar-refractivity contribution >= 4 is 38.3 Å². The van der Waals surface area contributed by atoms with Crippen molar-refractivity contribution in [3.63, 3.8) is 0 Å². The Morgan fingerprint density at radius 2 is 1.92 bits per heavy atom. The Bertz CT molecular complexity index is 394. The second-order valence-electron chi connectivity index (χ2n) is 2.89. The molecule has 0 unspecified atom stereocenters. The third-order valence-electron chi connectivity index (χ3n) is 1.35. The van der Waals surface area contributed by atoms with Crippen molar-refractivity contribution in [1.29, 1.82) is 0 Å². The van der Waals surface area contributed by atoms with Crippen molar-refractivity contribution in [3.05, 3.63) is 27.3 Å². The molecule has 0 spiro atoms. The van der Waals surface area contributed by atoms with Gasteiger partial charge in [-0.15, -0.1) is 0 Å². The molecule has 0 fully saturated rings. The zero-order valence-corrected chi connectivity index (χ0v) is 10.3. The molecule has 1 rings (SSSR count). The maximum Gasteiger partial charge on any atom is 0.229 e. The summed E-state index contributed by atoms with van der Waals surface area (Å²) in [6.45, 7) is 1.93. The van der Waals surface area contributed by atoms with Crippen LogP contribution in [0.4, 0.5) is 5.69 Å². The van der Waals surface area contributed by atoms with Crippen LogP contribution in [0.15, 0.2) is 18.2 Å². The Kier molecular flexibility index (Phi) is 3.18. The van der Waals surface area contributed by atoms with E-state index in [2.05, 4.69) is 27.3 Å². The molecule has 72 valence electrons. The summed E-state index contributed by atoms with van der Waals surface area (Å²) in [6, 6.07) is 5.56. The predicted octanol–water partition coefficient (Wildman–Crippen LogP) is 1.97. The van der Waals surface area contributed by atoms with Gasteiger partial charge in [0.1, 0.15) is 0 Å². The number of aryl methyl sites for hydroxylation is 1. The fraction of sp³-hybridized carbons (Fsp3) is 0.250. The summed E-state index contributed by atoms with van der Waals surface area (Å²) in [5.41, 5.74) is 1.66. The van der Waals surface area contributed by atoms with Crippen LogP contribution in [0.5, 0.6) is 0 Å². The van der Waals surface area contributed by atoms with Gasteiger partial charge in [-0.25, -0.2) is 8.42 Å². The van der Waals surface area contributed by atoms with Crippen LogP contribution in [-0.4, -0.2) is 14.7 Å². The number of anilines is 1. The first-order chi connectivity index (χ1) is 5.87. The standard InChI is InChI=1S/C8H10INO2S/c1-6-3-7(9)5-8(4-6)10-13(2,11)12/h3-5,10H,1-2H3. The Morgan fingerprint density at radius 3 is 2.38 bits per heavy atom. The molecule has 1 aromatic rings. The zero-order valence-electron chi connectivity index (χ0n) is 7.33. The third-order valence-corrected chi connectivity index (χ3v) is 2.57. The van der Waals surface area contributed by atoms with Crippen molar-refractivity contribution in [1.82, 2.24) is 0 Å². The van der Waals surface area contributed by atoms with Crippen LogP contribution in [0.25, 0.3) is 0 Å². The zero-order chi connectivity index (χ0) is 10.1. The lowest BCUT2D eigenvalue weighted by molar-refractivity contribution is 0.607. The fourth-order valence-corrected chi connectivity index (χ4v) is 2.38. The average molecular weight is 311 g/mol. The van der Waals surface area contributed by atoms with Crippen LogP contribution in [0.1, 0.15) is 5.56 Å². The van der Waals surface area contributed by atoms with Gasteiger partial charge in [0.25, 0.3) is 0 Å². The highest BCUT2D eigenvalue weighted by Gasteiger charge is 2.02. The number of halogens is 1. The molecule has 0 radical (unpaired) electrons. The molecule has 0 saturated carbocycles. The summed E-state index contributed by atoms with van der Waals surface area (Å²) >= 11 is 2.15. The highest BCUT2D eigenvalue weighted by atomic mass is 127. The Morgan fingerprint density at radius 1 is 1.31 bits per heavy atom. The largest absolute Gasteiger partial charge is 0.284 e. The SMILES string of the molecule is Cc1cc(I)cc(NS(C)(=O)=O)c1. The molecule has 0 aliphatic rings. The van der Waals surface area contributed by atoms with Crippen LogP contribution >= 0.6 is 22.6 Å². The van der Waals surface area contributed by atoms with E-state index < -0.39 is 10.0 Å². The maximum atomic E-state index is 10.9. The van der Waals surface area contributed by atoms with Gasteiger partial charge in [-0.2, -0.15) is 0 Å². The van der Waals surface area contributed by atoms with E-state index in [-0.39, 0.29) is 0 Å². The molecule has 0 amide bonds. The van der Waals surface area contributed by atoms with Gasteiger partial charge in [-0.3, -0.25) is 4.72 Å². The van der Waals surface area contributed by atoms with Gasteiger partial charge in [0.15, 0.2) is 0 Å². The van der Waals surface area contributed by atoms with Crippen molar-refractivity contribution in [2.75, 3.05) is 11.0 Å². The van der Waals surface area contributed by atoms with Crippen LogP contribution in [0, 0.1) is 10.5 Å². The van der Waals surface area contributed by atoms with Crippen molar-refractivity contribution in [2.24, 2.45) is 0 Å². The molecule has 0 saturated heterocycles. The van der Waals surface area contributed by atoms with E-state index in [1.807, 2.05) is 13.0 Å². The smallest absolute Gasteiger partial charge is 0.229 e. The molecule has 0 aromatic heterocycles. The molecular weight excluding hydrogens is 301 g/mol. The van der Waals surface area contributed by atoms with Gasteiger partial charge in [0.2, 0.25) is 10.0 Å². The molecule has 13 heavy (non-hydrogen) atoms. The molecule has 0 aliphatic carbocycles. The molecule has 0 heterocycles. The highest BCUT2D eigenvalue weighted by molar-refractivity contribution is 14.1. The molecule has 5 heteroatoms. The first-order valence-corrected chi connectivity index (χ1v) is 6.59. The summed E-state index contributed by atoms with van der Waals surface area (Å²) in [4.78, 5) is 0. The molecule has 1 N–H and O–H groups in total. The molecule has 3 nitrogen and oxygen atoms in total. The highest BCUT2D eigenvalue weighted by Crippen LogP contribution is 2.16. The summed E-state index contributed by atoms with van der Waals surface area (Å²) in [6.07, 6.45) is 1.14. The summed E-state index contributed by atoms with van der Waals surface area (Å²) in [5, 5.41) is 0. The number of benzene rings is 1. The Hall–Kier alpha value is -0.300. The third kappa shape index (κ3) is 3.95. The van der Waals surface area contributed by atoms with Crippen LogP contribution in [0.3, 0.4) is 0 Å². The minimum atomic E-state index is -3.16. The second kappa shape index (κ2) is 3.83. The summed E-state index contributed by atoms with van der Waals surface area (Å²) < 4.78 is 25.3. The summed E-state index contributed by atoms with van der Waals surface area (Å²) in [7, 11) is -3.16. The number of hydrogen-bond donors (Lipinski definition) is 1. The lowest BCUT2D eigenvalue weighted by atomic mass is 10.2. The average Bonchev–Trinajstić information content (AvgIpc) is 1.78. The molecule has 1 aromatic carbocycles. The number of sulfonamides is 1. The first-order valence-electron chi connectivity index (χ1n) is 3.62. The Balaban J connectivity index is 3.03. The van der Waals surface area contributed by atoms with E-state index in [1.165, 1.54) is 0 Å². The van der Waals surface area contributed by atoms with Crippen LogP contribution in [-0.2, 0) is 10.0 Å². The molecule has 0 atom stereocenters. The predicted molar refractivity (Wildman–Crippen MR) is 62.4 cm³/mol. The second-order valence-corrected chi connectivity index (χ2v) is 5.89. The lowest BCUT2D eigenvalue weighted by Crippen LogP contribution is -2.09.